The van der Waals surface area contributed by atoms with Crippen molar-refractivity contribution >= 4 is 29.5 Å². The van der Waals surface area contributed by atoms with Crippen LogP contribution in [-0.4, -0.2) is 24.4 Å². The molecule has 0 saturated heterocycles. The SMILES string of the molecule is CC(=O)N/C(=C\c1ccccc1)C(=O)OCC(=O)Nc1ccc(Oc2ccc(C)cc2)cc1. The molecule has 0 heterocycles. The second-order valence-corrected chi connectivity index (χ2v) is 7.21. The molecule has 0 fully saturated rings. The third-order valence-corrected chi connectivity index (χ3v) is 4.37. The Hall–Kier alpha value is -4.39. The number of carbonyl (C=O) groups excluding carboxylic acids is 3. The van der Waals surface area contributed by atoms with E-state index in [1.54, 1.807) is 48.5 Å². The molecule has 0 saturated carbocycles. The summed E-state index contributed by atoms with van der Waals surface area (Å²) in [6.45, 7) is 2.77. The average molecular weight is 444 g/mol. The van der Waals surface area contributed by atoms with E-state index in [0.29, 0.717) is 22.7 Å². The smallest absolute Gasteiger partial charge is 0.355 e. The van der Waals surface area contributed by atoms with E-state index >= 15 is 0 Å². The number of anilines is 1. The maximum atomic E-state index is 12.4. The van der Waals surface area contributed by atoms with Gasteiger partial charge in [-0.05, 0) is 55.0 Å². The Morgan fingerprint density at radius 3 is 2.06 bits per heavy atom. The average Bonchev–Trinajstić information content (AvgIpc) is 2.80. The molecule has 2 amide bonds. The number of hydrogen-bond acceptors (Lipinski definition) is 5. The van der Waals surface area contributed by atoms with Crippen LogP contribution in [0.25, 0.3) is 6.08 Å². The lowest BCUT2D eigenvalue weighted by atomic mass is 10.2. The summed E-state index contributed by atoms with van der Waals surface area (Å²) in [5.74, 6) is -0.424. The summed E-state index contributed by atoms with van der Waals surface area (Å²) >= 11 is 0. The molecule has 0 unspecified atom stereocenters. The summed E-state index contributed by atoms with van der Waals surface area (Å²) < 4.78 is 10.8. The zero-order chi connectivity index (χ0) is 23.6. The minimum atomic E-state index is -0.814. The van der Waals surface area contributed by atoms with Gasteiger partial charge in [0.25, 0.3) is 5.91 Å². The number of rotatable bonds is 8. The summed E-state index contributed by atoms with van der Waals surface area (Å²) in [6.07, 6.45) is 1.48. The Kier molecular flexibility index (Phi) is 7.96. The Morgan fingerprint density at radius 2 is 1.45 bits per heavy atom. The van der Waals surface area contributed by atoms with E-state index in [-0.39, 0.29) is 5.70 Å². The van der Waals surface area contributed by atoms with Gasteiger partial charge >= 0.3 is 5.97 Å². The summed E-state index contributed by atoms with van der Waals surface area (Å²) in [5.41, 5.74) is 2.31. The van der Waals surface area contributed by atoms with Crippen molar-refractivity contribution in [3.8, 4) is 11.5 Å². The van der Waals surface area contributed by atoms with Crippen LogP contribution in [0, 0.1) is 6.92 Å². The lowest BCUT2D eigenvalue weighted by molar-refractivity contribution is -0.144. The molecular weight excluding hydrogens is 420 g/mol. The van der Waals surface area contributed by atoms with Crippen LogP contribution in [0.15, 0.2) is 84.6 Å². The number of aryl methyl sites for hydroxylation is 1. The number of ether oxygens (including phenoxy) is 2. The zero-order valence-corrected chi connectivity index (χ0v) is 18.3. The first-order valence-electron chi connectivity index (χ1n) is 10.2. The fraction of sp³-hybridized carbons (Fsp3) is 0.115. The molecule has 0 radical (unpaired) electrons. The van der Waals surface area contributed by atoms with Crippen LogP contribution in [0.5, 0.6) is 11.5 Å². The predicted molar refractivity (Wildman–Crippen MR) is 126 cm³/mol. The minimum absolute atomic E-state index is 0.0564. The van der Waals surface area contributed by atoms with Crippen LogP contribution in [0.2, 0.25) is 0 Å². The van der Waals surface area contributed by atoms with Crippen molar-refractivity contribution in [1.29, 1.82) is 0 Å². The van der Waals surface area contributed by atoms with Gasteiger partial charge in [-0.3, -0.25) is 9.59 Å². The lowest BCUT2D eigenvalue weighted by Gasteiger charge is -2.10. The molecule has 0 aliphatic carbocycles. The minimum Gasteiger partial charge on any atom is -0.457 e. The topological polar surface area (TPSA) is 93.7 Å². The van der Waals surface area contributed by atoms with Crippen molar-refractivity contribution in [3.05, 3.63) is 95.7 Å². The highest BCUT2D eigenvalue weighted by molar-refractivity contribution is 5.99. The van der Waals surface area contributed by atoms with Gasteiger partial charge in [-0.15, -0.1) is 0 Å². The van der Waals surface area contributed by atoms with E-state index in [0.717, 1.165) is 5.56 Å². The number of esters is 1. The lowest BCUT2D eigenvalue weighted by Crippen LogP contribution is -2.28. The van der Waals surface area contributed by atoms with E-state index in [9.17, 15) is 14.4 Å². The van der Waals surface area contributed by atoms with Crippen molar-refractivity contribution in [3.63, 3.8) is 0 Å². The standard InChI is InChI=1S/C26H24N2O5/c1-18-8-12-22(13-9-18)33-23-14-10-21(11-15-23)28-25(30)17-32-26(31)24(27-19(2)29)16-20-6-4-3-5-7-20/h3-16H,17H2,1-2H3,(H,27,29)(H,28,30)/b24-16-. The number of nitrogens with one attached hydrogen (secondary N) is 2. The Labute approximate surface area is 192 Å². The molecule has 2 N–H and O–H groups in total. The molecule has 0 spiro atoms. The molecule has 0 bridgehead atoms. The van der Waals surface area contributed by atoms with Gasteiger partial charge in [0.2, 0.25) is 5.91 Å². The Morgan fingerprint density at radius 1 is 0.848 bits per heavy atom. The normalized spacial score (nSPS) is 10.8. The maximum Gasteiger partial charge on any atom is 0.355 e. The fourth-order valence-electron chi connectivity index (χ4n) is 2.81. The molecule has 7 nitrogen and oxygen atoms in total. The molecule has 33 heavy (non-hydrogen) atoms. The zero-order valence-electron chi connectivity index (χ0n) is 18.3. The second-order valence-electron chi connectivity index (χ2n) is 7.21. The van der Waals surface area contributed by atoms with Gasteiger partial charge < -0.3 is 20.1 Å². The van der Waals surface area contributed by atoms with Crippen LogP contribution in [0.4, 0.5) is 5.69 Å². The monoisotopic (exact) mass is 444 g/mol. The van der Waals surface area contributed by atoms with Gasteiger partial charge in [0, 0.05) is 12.6 Å². The molecule has 0 aromatic heterocycles. The number of hydrogen-bond donors (Lipinski definition) is 2. The van der Waals surface area contributed by atoms with Crippen LogP contribution in [0.3, 0.4) is 0 Å². The van der Waals surface area contributed by atoms with E-state index in [1.165, 1.54) is 13.0 Å². The van der Waals surface area contributed by atoms with Crippen molar-refractivity contribution in [1.82, 2.24) is 5.32 Å². The summed E-state index contributed by atoms with van der Waals surface area (Å²) in [4.78, 5) is 36.0. The van der Waals surface area contributed by atoms with Gasteiger partial charge in [-0.1, -0.05) is 48.0 Å². The third-order valence-electron chi connectivity index (χ3n) is 4.37. The van der Waals surface area contributed by atoms with Crippen LogP contribution < -0.4 is 15.4 Å². The molecule has 0 aliphatic rings. The van der Waals surface area contributed by atoms with Crippen molar-refractivity contribution in [2.75, 3.05) is 11.9 Å². The highest BCUT2D eigenvalue weighted by atomic mass is 16.5. The molecule has 7 heteroatoms. The number of carbonyl (C=O) groups is 3. The highest BCUT2D eigenvalue weighted by Gasteiger charge is 2.15. The first kappa shape index (κ1) is 23.3. The Balaban J connectivity index is 1.54. The van der Waals surface area contributed by atoms with Crippen LogP contribution >= 0.6 is 0 Å². The molecule has 0 aliphatic heterocycles. The van der Waals surface area contributed by atoms with Gasteiger partial charge in [0.05, 0.1) is 0 Å². The maximum absolute atomic E-state index is 12.4. The van der Waals surface area contributed by atoms with Crippen molar-refractivity contribution in [2.45, 2.75) is 13.8 Å². The summed E-state index contributed by atoms with van der Waals surface area (Å²) in [5, 5.41) is 5.08. The van der Waals surface area contributed by atoms with E-state index in [4.69, 9.17) is 9.47 Å². The molecule has 3 aromatic carbocycles. The molecule has 3 aromatic rings. The number of benzene rings is 3. The van der Waals surface area contributed by atoms with Gasteiger partial charge in [-0.2, -0.15) is 0 Å². The van der Waals surface area contributed by atoms with Crippen LogP contribution in [0.1, 0.15) is 18.1 Å². The predicted octanol–water partition coefficient (Wildman–Crippen LogP) is 4.45. The first-order chi connectivity index (χ1) is 15.9. The quantitative estimate of drug-likeness (QED) is 0.396. The van der Waals surface area contributed by atoms with E-state index in [2.05, 4.69) is 10.6 Å². The first-order valence-corrected chi connectivity index (χ1v) is 10.2. The molecule has 0 atom stereocenters. The largest absolute Gasteiger partial charge is 0.457 e. The molecule has 3 rings (SSSR count). The van der Waals surface area contributed by atoms with Crippen LogP contribution in [-0.2, 0) is 19.1 Å². The van der Waals surface area contributed by atoms with Gasteiger partial charge in [-0.25, -0.2) is 4.79 Å². The van der Waals surface area contributed by atoms with E-state index in [1.807, 2.05) is 37.3 Å². The summed E-state index contributed by atoms with van der Waals surface area (Å²) in [7, 11) is 0. The molecule has 168 valence electrons. The van der Waals surface area contributed by atoms with Gasteiger partial charge in [0.1, 0.15) is 17.2 Å². The molecular formula is C26H24N2O5. The van der Waals surface area contributed by atoms with Crippen molar-refractivity contribution in [2.24, 2.45) is 0 Å². The second kappa shape index (κ2) is 11.3. The number of amides is 2. The third kappa shape index (κ3) is 7.66. The van der Waals surface area contributed by atoms with Gasteiger partial charge in [0.15, 0.2) is 6.61 Å². The summed E-state index contributed by atoms with van der Waals surface area (Å²) in [6, 6.07) is 23.4. The Bertz CT molecular complexity index is 1140. The van der Waals surface area contributed by atoms with E-state index < -0.39 is 24.4 Å². The van der Waals surface area contributed by atoms with Crippen molar-refractivity contribution < 1.29 is 23.9 Å². The fourth-order valence-corrected chi connectivity index (χ4v) is 2.81. The highest BCUT2D eigenvalue weighted by Crippen LogP contribution is 2.23.